The van der Waals surface area contributed by atoms with Gasteiger partial charge in [-0.3, -0.25) is 4.79 Å². The van der Waals surface area contributed by atoms with Gasteiger partial charge in [-0.1, -0.05) is 6.92 Å². The van der Waals surface area contributed by atoms with Crippen LogP contribution in [0.15, 0.2) is 0 Å². The van der Waals surface area contributed by atoms with Gasteiger partial charge >= 0.3 is 0 Å². The van der Waals surface area contributed by atoms with Gasteiger partial charge in [0.1, 0.15) is 17.5 Å². The van der Waals surface area contributed by atoms with Crippen LogP contribution in [0.5, 0.6) is 0 Å². The normalized spacial score (nSPS) is 10.6. The number of nitrogens with one attached hydrogen (secondary N) is 2. The summed E-state index contributed by atoms with van der Waals surface area (Å²) >= 11 is 0. The molecule has 1 aromatic heterocycles. The molecule has 6 heteroatoms. The molecule has 0 aliphatic rings. The molecule has 2 N–H and O–H groups in total. The second kappa shape index (κ2) is 7.07. The minimum atomic E-state index is -0.00966. The first-order chi connectivity index (χ1) is 9.38. The largest absolute Gasteiger partial charge is 0.373 e. The summed E-state index contributed by atoms with van der Waals surface area (Å²) in [6.45, 7) is 8.14. The molecule has 0 unspecified atom stereocenters. The van der Waals surface area contributed by atoms with Crippen molar-refractivity contribution in [3.8, 4) is 0 Å². The van der Waals surface area contributed by atoms with E-state index in [1.54, 1.807) is 0 Å². The predicted octanol–water partition coefficient (Wildman–Crippen LogP) is 1.35. The maximum absolute atomic E-state index is 11.8. The van der Waals surface area contributed by atoms with Crippen molar-refractivity contribution in [1.29, 1.82) is 0 Å². The number of aromatic nitrogens is 2. The zero-order valence-electron chi connectivity index (χ0n) is 13.2. The second-order valence-corrected chi connectivity index (χ2v) is 5.12. The molecule has 0 aliphatic carbocycles. The van der Waals surface area contributed by atoms with E-state index in [0.717, 1.165) is 29.4 Å². The number of likely N-dealkylation sites (N-methyl/N-ethyl adjacent to an activating group) is 1. The average molecular weight is 279 g/mol. The van der Waals surface area contributed by atoms with Crippen molar-refractivity contribution in [3.05, 3.63) is 11.4 Å². The van der Waals surface area contributed by atoms with E-state index in [-0.39, 0.29) is 18.5 Å². The van der Waals surface area contributed by atoms with Crippen LogP contribution in [-0.2, 0) is 11.2 Å². The lowest BCUT2D eigenvalue weighted by Gasteiger charge is -2.22. The number of hydrogen-bond donors (Lipinski definition) is 2. The summed E-state index contributed by atoms with van der Waals surface area (Å²) < 4.78 is 0. The van der Waals surface area contributed by atoms with Crippen molar-refractivity contribution in [3.63, 3.8) is 0 Å². The van der Waals surface area contributed by atoms with Crippen LogP contribution in [-0.4, -0.2) is 42.6 Å². The van der Waals surface area contributed by atoms with Crippen molar-refractivity contribution in [2.45, 2.75) is 40.2 Å². The number of amides is 1. The molecule has 1 rings (SSSR count). The van der Waals surface area contributed by atoms with Crippen LogP contribution < -0.4 is 15.5 Å². The van der Waals surface area contributed by atoms with Crippen LogP contribution in [0.2, 0.25) is 0 Å². The zero-order valence-corrected chi connectivity index (χ0v) is 13.2. The molecule has 112 valence electrons. The van der Waals surface area contributed by atoms with Crippen molar-refractivity contribution in [2.75, 3.05) is 30.9 Å². The van der Waals surface area contributed by atoms with Crippen LogP contribution in [0, 0.1) is 6.92 Å². The molecular weight excluding hydrogens is 254 g/mol. The number of nitrogens with zero attached hydrogens (tertiary/aromatic N) is 3. The Morgan fingerprint density at radius 2 is 2.00 bits per heavy atom. The molecule has 1 heterocycles. The molecule has 0 atom stereocenters. The second-order valence-electron chi connectivity index (χ2n) is 5.12. The summed E-state index contributed by atoms with van der Waals surface area (Å²) in [6.07, 6.45) is 0.758. The molecule has 0 saturated carbocycles. The van der Waals surface area contributed by atoms with Gasteiger partial charge in [0.25, 0.3) is 0 Å². The zero-order chi connectivity index (χ0) is 15.3. The summed E-state index contributed by atoms with van der Waals surface area (Å²) in [4.78, 5) is 22.7. The lowest BCUT2D eigenvalue weighted by Crippen LogP contribution is -2.39. The van der Waals surface area contributed by atoms with Crippen molar-refractivity contribution >= 4 is 17.5 Å². The van der Waals surface area contributed by atoms with E-state index in [4.69, 9.17) is 0 Å². The smallest absolute Gasteiger partial charge is 0.239 e. The number of aryl methyl sites for hydroxylation is 1. The van der Waals surface area contributed by atoms with Gasteiger partial charge in [0.15, 0.2) is 0 Å². The number of rotatable bonds is 6. The Hall–Kier alpha value is -1.85. The van der Waals surface area contributed by atoms with Crippen molar-refractivity contribution in [1.82, 2.24) is 15.3 Å². The van der Waals surface area contributed by atoms with Crippen LogP contribution in [0.4, 0.5) is 11.6 Å². The highest BCUT2D eigenvalue weighted by molar-refractivity contribution is 5.81. The molecule has 6 nitrogen and oxygen atoms in total. The average Bonchev–Trinajstić information content (AvgIpc) is 2.37. The highest BCUT2D eigenvalue weighted by Gasteiger charge is 2.15. The summed E-state index contributed by atoms with van der Waals surface area (Å²) in [5, 5.41) is 5.95. The fourth-order valence-corrected chi connectivity index (χ4v) is 1.98. The molecule has 0 aliphatic heterocycles. The van der Waals surface area contributed by atoms with Gasteiger partial charge in [-0.2, -0.15) is 0 Å². The maximum Gasteiger partial charge on any atom is 0.239 e. The molecule has 0 saturated heterocycles. The van der Waals surface area contributed by atoms with E-state index in [1.807, 2.05) is 46.7 Å². The Balaban J connectivity index is 2.96. The minimum absolute atomic E-state index is 0.00966. The first-order valence-electron chi connectivity index (χ1n) is 6.94. The Morgan fingerprint density at radius 1 is 1.35 bits per heavy atom. The van der Waals surface area contributed by atoms with Gasteiger partial charge in [-0.15, -0.1) is 0 Å². The van der Waals surface area contributed by atoms with Crippen LogP contribution in [0.25, 0.3) is 0 Å². The molecule has 0 aromatic carbocycles. The van der Waals surface area contributed by atoms with Crippen LogP contribution >= 0.6 is 0 Å². The third kappa shape index (κ3) is 4.08. The Labute approximate surface area is 121 Å². The van der Waals surface area contributed by atoms with Gasteiger partial charge in [0.2, 0.25) is 5.91 Å². The molecule has 0 spiro atoms. The summed E-state index contributed by atoms with van der Waals surface area (Å²) in [6, 6.07) is 0.140. The Morgan fingerprint density at radius 3 is 2.50 bits per heavy atom. The third-order valence-electron chi connectivity index (χ3n) is 2.91. The standard InChI is InChI=1S/C14H25N5O/c1-7-11-17-13(15-5)10(4)14(18-11)19(6)8-12(20)16-9(2)3/h9H,7-8H2,1-6H3,(H,16,20)(H,15,17,18). The van der Waals surface area contributed by atoms with Crippen molar-refractivity contribution < 1.29 is 4.79 Å². The van der Waals surface area contributed by atoms with Gasteiger partial charge in [-0.05, 0) is 20.8 Å². The number of carbonyl (C=O) groups is 1. The molecule has 0 bridgehead atoms. The fraction of sp³-hybridized carbons (Fsp3) is 0.643. The van der Waals surface area contributed by atoms with Gasteiger partial charge in [0.05, 0.1) is 6.54 Å². The van der Waals surface area contributed by atoms with Crippen LogP contribution in [0.3, 0.4) is 0 Å². The van der Waals surface area contributed by atoms with E-state index in [0.29, 0.717) is 0 Å². The fourth-order valence-electron chi connectivity index (χ4n) is 1.98. The Bertz CT molecular complexity index is 473. The minimum Gasteiger partial charge on any atom is -0.373 e. The lowest BCUT2D eigenvalue weighted by molar-refractivity contribution is -0.120. The molecular formula is C14H25N5O. The summed E-state index contributed by atoms with van der Waals surface area (Å²) in [5.41, 5.74) is 0.949. The predicted molar refractivity (Wildman–Crippen MR) is 82.2 cm³/mol. The quantitative estimate of drug-likeness (QED) is 0.822. The maximum atomic E-state index is 11.8. The highest BCUT2D eigenvalue weighted by Crippen LogP contribution is 2.22. The third-order valence-corrected chi connectivity index (χ3v) is 2.91. The molecule has 0 fully saturated rings. The first-order valence-corrected chi connectivity index (χ1v) is 6.94. The topological polar surface area (TPSA) is 70.2 Å². The number of carbonyl (C=O) groups excluding carboxylic acids is 1. The van der Waals surface area contributed by atoms with Gasteiger partial charge in [-0.25, -0.2) is 9.97 Å². The molecule has 1 aromatic rings. The van der Waals surface area contributed by atoms with E-state index in [2.05, 4.69) is 20.6 Å². The summed E-state index contributed by atoms with van der Waals surface area (Å²) in [7, 11) is 3.71. The number of hydrogen-bond acceptors (Lipinski definition) is 5. The summed E-state index contributed by atoms with van der Waals surface area (Å²) in [5.74, 6) is 2.36. The van der Waals surface area contributed by atoms with Gasteiger partial charge in [0, 0.05) is 32.1 Å². The SMILES string of the molecule is CCc1nc(NC)c(C)c(N(C)CC(=O)NC(C)C)n1. The number of anilines is 2. The monoisotopic (exact) mass is 279 g/mol. The molecule has 20 heavy (non-hydrogen) atoms. The molecule has 0 radical (unpaired) electrons. The van der Waals surface area contributed by atoms with E-state index in [9.17, 15) is 4.79 Å². The van der Waals surface area contributed by atoms with Crippen molar-refractivity contribution in [2.24, 2.45) is 0 Å². The van der Waals surface area contributed by atoms with Crippen LogP contribution in [0.1, 0.15) is 32.2 Å². The van der Waals surface area contributed by atoms with E-state index >= 15 is 0 Å². The van der Waals surface area contributed by atoms with Gasteiger partial charge < -0.3 is 15.5 Å². The first kappa shape index (κ1) is 16.2. The lowest BCUT2D eigenvalue weighted by atomic mass is 10.2. The van der Waals surface area contributed by atoms with E-state index < -0.39 is 0 Å². The molecule has 1 amide bonds. The Kier molecular flexibility index (Phi) is 5.73. The highest BCUT2D eigenvalue weighted by atomic mass is 16.2. The van der Waals surface area contributed by atoms with E-state index in [1.165, 1.54) is 0 Å².